The summed E-state index contributed by atoms with van der Waals surface area (Å²) in [5.41, 5.74) is 5.77. The van der Waals surface area contributed by atoms with Crippen LogP contribution in [-0.2, 0) is 9.59 Å². The van der Waals surface area contributed by atoms with Gasteiger partial charge in [0.1, 0.15) is 6.04 Å². The minimum Gasteiger partial charge on any atom is -0.481 e. The number of carbonyl (C=O) groups is 2. The Morgan fingerprint density at radius 3 is 2.61 bits per heavy atom. The molecule has 1 aromatic heterocycles. The number of hydrogen-bond donors (Lipinski definition) is 3. The minimum absolute atomic E-state index is 0.0410. The van der Waals surface area contributed by atoms with Gasteiger partial charge >= 0.3 is 5.97 Å². The molecule has 0 fully saturated rings. The van der Waals surface area contributed by atoms with Crippen LogP contribution in [0.25, 0.3) is 0 Å². The topological polar surface area (TPSA) is 92.4 Å². The number of aliphatic carboxylic acids is 1. The van der Waals surface area contributed by atoms with Gasteiger partial charge in [0.2, 0.25) is 5.91 Å². The van der Waals surface area contributed by atoms with E-state index in [9.17, 15) is 9.59 Å². The molecular weight excluding hydrogens is 252 g/mol. The maximum atomic E-state index is 11.8. The Bertz CT molecular complexity index is 403. The second-order valence-corrected chi connectivity index (χ2v) is 5.41. The van der Waals surface area contributed by atoms with E-state index < -0.39 is 17.9 Å². The number of rotatable bonds is 6. The van der Waals surface area contributed by atoms with Crippen LogP contribution in [-0.4, -0.2) is 23.5 Å². The van der Waals surface area contributed by atoms with Crippen molar-refractivity contribution >= 4 is 23.2 Å². The summed E-state index contributed by atoms with van der Waals surface area (Å²) >= 11 is 1.40. The number of nitrogens with two attached hydrogens (primary N) is 1. The van der Waals surface area contributed by atoms with Crippen molar-refractivity contribution in [3.63, 3.8) is 0 Å². The molecule has 0 aromatic carbocycles. The Morgan fingerprint density at radius 2 is 2.17 bits per heavy atom. The molecule has 6 heteroatoms. The van der Waals surface area contributed by atoms with Crippen LogP contribution in [0.2, 0.25) is 0 Å². The third-order valence-electron chi connectivity index (χ3n) is 2.75. The van der Waals surface area contributed by atoms with E-state index in [1.54, 1.807) is 6.07 Å². The van der Waals surface area contributed by atoms with Crippen LogP contribution in [0.3, 0.4) is 0 Å². The lowest BCUT2D eigenvalue weighted by atomic mass is 9.96. The Balaban J connectivity index is 2.52. The zero-order valence-corrected chi connectivity index (χ0v) is 11.2. The first kappa shape index (κ1) is 14.7. The Labute approximate surface area is 110 Å². The average Bonchev–Trinajstić information content (AvgIpc) is 2.80. The van der Waals surface area contributed by atoms with Gasteiger partial charge in [-0.15, -0.1) is 11.3 Å². The lowest BCUT2D eigenvalue weighted by molar-refractivity contribution is -0.143. The van der Waals surface area contributed by atoms with E-state index >= 15 is 0 Å². The van der Waals surface area contributed by atoms with Gasteiger partial charge in [-0.3, -0.25) is 9.59 Å². The molecule has 4 N–H and O–H groups in total. The molecule has 5 nitrogen and oxygen atoms in total. The van der Waals surface area contributed by atoms with E-state index in [1.807, 2.05) is 25.3 Å². The van der Waals surface area contributed by atoms with Gasteiger partial charge in [-0.2, -0.15) is 0 Å². The molecule has 2 atom stereocenters. The van der Waals surface area contributed by atoms with Crippen LogP contribution in [0.1, 0.15) is 24.8 Å². The first-order valence-corrected chi connectivity index (χ1v) is 6.61. The summed E-state index contributed by atoms with van der Waals surface area (Å²) in [5.74, 6) is -1.88. The number of nitrogens with one attached hydrogen (secondary N) is 1. The van der Waals surface area contributed by atoms with E-state index in [1.165, 1.54) is 11.3 Å². The quantitative estimate of drug-likeness (QED) is 0.724. The zero-order valence-electron chi connectivity index (χ0n) is 10.4. The van der Waals surface area contributed by atoms with Gasteiger partial charge in [0, 0.05) is 11.4 Å². The number of hydrogen-bond acceptors (Lipinski definition) is 4. The highest BCUT2D eigenvalue weighted by molar-refractivity contribution is 7.10. The molecule has 0 aliphatic carbocycles. The number of amides is 1. The maximum absolute atomic E-state index is 11.8. The van der Waals surface area contributed by atoms with Gasteiger partial charge in [-0.1, -0.05) is 19.9 Å². The van der Waals surface area contributed by atoms with Crippen molar-refractivity contribution in [3.05, 3.63) is 22.4 Å². The number of thiophene rings is 1. The summed E-state index contributed by atoms with van der Waals surface area (Å²) in [6.45, 7) is 3.72. The molecule has 0 aliphatic rings. The van der Waals surface area contributed by atoms with Crippen LogP contribution in [0.15, 0.2) is 17.5 Å². The fourth-order valence-corrected chi connectivity index (χ4v) is 2.25. The fraction of sp³-hybridized carbons (Fsp3) is 0.500. The molecule has 18 heavy (non-hydrogen) atoms. The van der Waals surface area contributed by atoms with Gasteiger partial charge in [-0.05, 0) is 17.4 Å². The molecule has 1 aromatic rings. The lowest BCUT2D eigenvalue weighted by Gasteiger charge is -2.18. The summed E-state index contributed by atoms with van der Waals surface area (Å²) < 4.78 is 0. The maximum Gasteiger partial charge on any atom is 0.308 e. The van der Waals surface area contributed by atoms with Crippen molar-refractivity contribution in [1.29, 1.82) is 0 Å². The Kier molecular flexibility index (Phi) is 5.30. The predicted molar refractivity (Wildman–Crippen MR) is 70.2 cm³/mol. The Hall–Kier alpha value is -1.40. The molecular formula is C12H18N2O3S. The molecule has 0 bridgehead atoms. The van der Waals surface area contributed by atoms with Gasteiger partial charge < -0.3 is 16.2 Å². The van der Waals surface area contributed by atoms with Crippen molar-refractivity contribution < 1.29 is 14.7 Å². The molecule has 2 unspecified atom stereocenters. The van der Waals surface area contributed by atoms with Crippen molar-refractivity contribution in [2.24, 2.45) is 17.6 Å². The van der Waals surface area contributed by atoms with Crippen LogP contribution in [0.5, 0.6) is 0 Å². The van der Waals surface area contributed by atoms with E-state index in [0.29, 0.717) is 0 Å². The highest BCUT2D eigenvalue weighted by Crippen LogP contribution is 2.17. The summed E-state index contributed by atoms with van der Waals surface area (Å²) in [7, 11) is 0. The van der Waals surface area contributed by atoms with Crippen LogP contribution in [0.4, 0.5) is 0 Å². The van der Waals surface area contributed by atoms with Crippen LogP contribution in [0, 0.1) is 11.8 Å². The van der Waals surface area contributed by atoms with Crippen LogP contribution >= 0.6 is 11.3 Å². The fourth-order valence-electron chi connectivity index (χ4n) is 1.53. The molecule has 1 amide bonds. The molecule has 0 radical (unpaired) electrons. The van der Waals surface area contributed by atoms with Gasteiger partial charge in [-0.25, -0.2) is 0 Å². The standard InChI is InChI=1S/C12H18N2O3S/c1-7(2)8(12(16)17)6-14-11(15)10(13)9-4-3-5-18-9/h3-5,7-8,10H,6,13H2,1-2H3,(H,14,15)(H,16,17). The third kappa shape index (κ3) is 3.82. The lowest BCUT2D eigenvalue weighted by Crippen LogP contribution is -2.39. The average molecular weight is 270 g/mol. The second kappa shape index (κ2) is 6.51. The number of carboxylic acid groups (broad SMARTS) is 1. The smallest absolute Gasteiger partial charge is 0.308 e. The summed E-state index contributed by atoms with van der Waals surface area (Å²) in [6, 6.07) is 2.87. The molecule has 0 spiro atoms. The summed E-state index contributed by atoms with van der Waals surface area (Å²) in [6.07, 6.45) is 0. The van der Waals surface area contributed by atoms with E-state index in [2.05, 4.69) is 5.32 Å². The Morgan fingerprint density at radius 1 is 1.50 bits per heavy atom. The monoisotopic (exact) mass is 270 g/mol. The van der Waals surface area contributed by atoms with E-state index in [-0.39, 0.29) is 18.4 Å². The third-order valence-corrected chi connectivity index (χ3v) is 3.71. The molecule has 1 heterocycles. The largest absolute Gasteiger partial charge is 0.481 e. The summed E-state index contributed by atoms with van der Waals surface area (Å²) in [4.78, 5) is 23.5. The van der Waals surface area contributed by atoms with Gasteiger partial charge in [0.25, 0.3) is 0 Å². The normalized spacial score (nSPS) is 14.2. The molecule has 1 rings (SSSR count). The summed E-state index contributed by atoms with van der Waals surface area (Å²) in [5, 5.41) is 13.4. The molecule has 100 valence electrons. The van der Waals surface area contributed by atoms with Gasteiger partial charge in [0.15, 0.2) is 0 Å². The molecule has 0 saturated heterocycles. The SMILES string of the molecule is CC(C)C(CNC(=O)C(N)c1cccs1)C(=O)O. The number of carbonyl (C=O) groups excluding carboxylic acids is 1. The molecule has 0 saturated carbocycles. The zero-order chi connectivity index (χ0) is 13.7. The predicted octanol–water partition coefficient (Wildman–Crippen LogP) is 1.22. The van der Waals surface area contributed by atoms with E-state index in [0.717, 1.165) is 4.88 Å². The first-order chi connectivity index (χ1) is 8.43. The second-order valence-electron chi connectivity index (χ2n) is 4.43. The minimum atomic E-state index is -0.907. The highest BCUT2D eigenvalue weighted by atomic mass is 32.1. The van der Waals surface area contributed by atoms with Crippen LogP contribution < -0.4 is 11.1 Å². The van der Waals surface area contributed by atoms with Gasteiger partial charge in [0.05, 0.1) is 5.92 Å². The number of carboxylic acids is 1. The molecule has 0 aliphatic heterocycles. The van der Waals surface area contributed by atoms with Crippen molar-refractivity contribution in [2.75, 3.05) is 6.54 Å². The van der Waals surface area contributed by atoms with Crippen molar-refractivity contribution in [2.45, 2.75) is 19.9 Å². The highest BCUT2D eigenvalue weighted by Gasteiger charge is 2.24. The van der Waals surface area contributed by atoms with E-state index in [4.69, 9.17) is 10.8 Å². The first-order valence-electron chi connectivity index (χ1n) is 5.73. The van der Waals surface area contributed by atoms with Crippen molar-refractivity contribution in [3.8, 4) is 0 Å². The van der Waals surface area contributed by atoms with Crippen molar-refractivity contribution in [1.82, 2.24) is 5.32 Å².